The number of hydrogen-bond acceptors (Lipinski definition) is 10. The van der Waals surface area contributed by atoms with Crippen molar-refractivity contribution in [2.45, 2.75) is 91.9 Å². The third-order valence-corrected chi connectivity index (χ3v) is 7.33. The van der Waals surface area contributed by atoms with E-state index in [2.05, 4.69) is 4.98 Å². The highest BCUT2D eigenvalue weighted by Crippen LogP contribution is 2.38. The van der Waals surface area contributed by atoms with E-state index in [1.54, 1.807) is 33.0 Å². The number of pyridine rings is 1. The van der Waals surface area contributed by atoms with Crippen molar-refractivity contribution >= 4 is 29.8 Å². The van der Waals surface area contributed by atoms with Crippen LogP contribution in [0.4, 0.5) is 10.6 Å². The van der Waals surface area contributed by atoms with Gasteiger partial charge in [-0.15, -0.1) is 0 Å². The summed E-state index contributed by atoms with van der Waals surface area (Å²) in [6, 6.07) is 11.6. The van der Waals surface area contributed by atoms with Gasteiger partial charge in [0.25, 0.3) is 5.41 Å². The van der Waals surface area contributed by atoms with Gasteiger partial charge in [0.05, 0.1) is 32.5 Å². The maximum Gasteiger partial charge on any atom is 0.416 e. The van der Waals surface area contributed by atoms with Gasteiger partial charge in [-0.3, -0.25) is 19.3 Å². The van der Waals surface area contributed by atoms with E-state index >= 15 is 0 Å². The summed E-state index contributed by atoms with van der Waals surface area (Å²) in [5, 5.41) is 0. The molecule has 246 valence electrons. The van der Waals surface area contributed by atoms with E-state index in [1.165, 1.54) is 4.90 Å². The molecular formula is C34H46N2O9. The Kier molecular flexibility index (Phi) is 12.5. The van der Waals surface area contributed by atoms with Gasteiger partial charge in [0.1, 0.15) is 11.4 Å². The fraction of sp³-hybridized carbons (Fsp3) is 0.559. The number of carbonyl (C=O) groups is 4. The summed E-state index contributed by atoms with van der Waals surface area (Å²) in [6.07, 6.45) is 1.33. The van der Waals surface area contributed by atoms with Gasteiger partial charge in [-0.1, -0.05) is 35.9 Å². The maximum atomic E-state index is 13.2. The molecule has 3 rings (SSSR count). The van der Waals surface area contributed by atoms with Crippen LogP contribution in [0.5, 0.6) is 0 Å². The van der Waals surface area contributed by atoms with Crippen LogP contribution in [0.1, 0.15) is 83.4 Å². The molecule has 2 atom stereocenters. The SMILES string of the molecule is CCOC(=O)C(C[C@H]1C[C@@H](c2ccc(N(Cc3cccc(C)c3)C(=O)OC(C)(C)C)nc2)CCO1)(C(=O)OCC)C(=O)OCC. The zero-order valence-electron chi connectivity index (χ0n) is 27.4. The number of hydrogen-bond donors (Lipinski definition) is 0. The second-order valence-electron chi connectivity index (χ2n) is 12.0. The van der Waals surface area contributed by atoms with Gasteiger partial charge in [-0.25, -0.2) is 9.78 Å². The number of esters is 3. The summed E-state index contributed by atoms with van der Waals surface area (Å²) in [5.74, 6) is -2.68. The standard InChI is InChI=1S/C34H46N2O9/c1-8-41-29(37)34(30(38)42-9-2,31(39)43-10-3)20-27-19-25(16-17-44-27)26-14-15-28(35-21-26)36(32(40)45-33(5,6)7)22-24-13-11-12-23(4)18-24/h11-15,18,21,25,27H,8-10,16-17,19-20,22H2,1-7H3/t25-,27+/m0/s1. The van der Waals surface area contributed by atoms with E-state index in [-0.39, 0.29) is 38.7 Å². The Labute approximate surface area is 265 Å². The number of ether oxygens (including phenoxy) is 5. The minimum Gasteiger partial charge on any atom is -0.465 e. The van der Waals surface area contributed by atoms with Gasteiger partial charge in [0.2, 0.25) is 0 Å². The molecule has 0 saturated carbocycles. The van der Waals surface area contributed by atoms with Crippen LogP contribution in [0.3, 0.4) is 0 Å². The molecule has 1 saturated heterocycles. The molecule has 0 radical (unpaired) electrons. The van der Waals surface area contributed by atoms with Crippen LogP contribution in [0, 0.1) is 12.3 Å². The van der Waals surface area contributed by atoms with Crippen molar-refractivity contribution in [3.8, 4) is 0 Å². The summed E-state index contributed by atoms with van der Waals surface area (Å²) in [6.45, 7) is 12.7. The third kappa shape index (κ3) is 9.26. The molecule has 0 spiro atoms. The minimum absolute atomic E-state index is 0.0320. The van der Waals surface area contributed by atoms with Crippen molar-refractivity contribution in [2.75, 3.05) is 31.3 Å². The first kappa shape index (κ1) is 35.5. The van der Waals surface area contributed by atoms with E-state index in [4.69, 9.17) is 23.7 Å². The summed E-state index contributed by atoms with van der Waals surface area (Å²) in [5.41, 5.74) is -0.0920. The van der Waals surface area contributed by atoms with Gasteiger partial charge in [-0.2, -0.15) is 0 Å². The van der Waals surface area contributed by atoms with Crippen LogP contribution in [-0.4, -0.2) is 67.1 Å². The third-order valence-electron chi connectivity index (χ3n) is 7.33. The van der Waals surface area contributed by atoms with Crippen LogP contribution in [0.25, 0.3) is 0 Å². The fourth-order valence-corrected chi connectivity index (χ4v) is 5.28. The summed E-state index contributed by atoms with van der Waals surface area (Å²) < 4.78 is 27.2. The molecule has 1 aliphatic heterocycles. The van der Waals surface area contributed by atoms with Crippen molar-refractivity contribution in [1.29, 1.82) is 0 Å². The number of aryl methyl sites for hydroxylation is 1. The fourth-order valence-electron chi connectivity index (χ4n) is 5.28. The van der Waals surface area contributed by atoms with E-state index in [0.29, 0.717) is 25.3 Å². The first-order chi connectivity index (χ1) is 21.3. The molecule has 45 heavy (non-hydrogen) atoms. The van der Waals surface area contributed by atoms with Gasteiger partial charge in [0, 0.05) is 19.2 Å². The number of anilines is 1. The van der Waals surface area contributed by atoms with Gasteiger partial charge >= 0.3 is 24.0 Å². The van der Waals surface area contributed by atoms with Crippen LogP contribution in [0.2, 0.25) is 0 Å². The van der Waals surface area contributed by atoms with Crippen molar-refractivity contribution in [1.82, 2.24) is 4.98 Å². The number of benzene rings is 1. The molecular weight excluding hydrogens is 580 g/mol. The Morgan fingerprint density at radius 3 is 2.07 bits per heavy atom. The van der Waals surface area contributed by atoms with Crippen LogP contribution in [-0.2, 0) is 44.6 Å². The minimum atomic E-state index is -2.31. The molecule has 11 heteroatoms. The summed E-state index contributed by atoms with van der Waals surface area (Å²) >= 11 is 0. The summed E-state index contributed by atoms with van der Waals surface area (Å²) in [4.78, 5) is 58.9. The van der Waals surface area contributed by atoms with Crippen LogP contribution >= 0.6 is 0 Å². The first-order valence-corrected chi connectivity index (χ1v) is 15.5. The highest BCUT2D eigenvalue weighted by Gasteiger charge is 2.59. The molecule has 1 fully saturated rings. The molecule has 11 nitrogen and oxygen atoms in total. The number of aromatic nitrogens is 1. The summed E-state index contributed by atoms with van der Waals surface area (Å²) in [7, 11) is 0. The number of nitrogens with zero attached hydrogens (tertiary/aromatic N) is 2. The van der Waals surface area contributed by atoms with Crippen LogP contribution in [0.15, 0.2) is 42.6 Å². The van der Waals surface area contributed by atoms with Crippen LogP contribution < -0.4 is 4.90 Å². The molecule has 2 aromatic rings. The second kappa shape index (κ2) is 15.8. The predicted molar refractivity (Wildman–Crippen MR) is 166 cm³/mol. The van der Waals surface area contributed by atoms with Gasteiger partial charge < -0.3 is 23.7 Å². The van der Waals surface area contributed by atoms with Crippen molar-refractivity contribution < 1.29 is 42.9 Å². The van der Waals surface area contributed by atoms with E-state index in [9.17, 15) is 19.2 Å². The Morgan fingerprint density at radius 2 is 1.56 bits per heavy atom. The molecule has 0 aliphatic carbocycles. The van der Waals surface area contributed by atoms with Crippen molar-refractivity contribution in [3.05, 3.63) is 59.3 Å². The molecule has 1 amide bonds. The van der Waals surface area contributed by atoms with E-state index in [0.717, 1.165) is 16.7 Å². The quantitative estimate of drug-likeness (QED) is 0.165. The normalized spacial score (nSPS) is 16.8. The molecule has 0 bridgehead atoms. The lowest BCUT2D eigenvalue weighted by Crippen LogP contribution is -2.52. The Bertz CT molecular complexity index is 1270. The lowest BCUT2D eigenvalue weighted by atomic mass is 9.78. The number of amides is 1. The molecule has 0 N–H and O–H groups in total. The monoisotopic (exact) mass is 626 g/mol. The van der Waals surface area contributed by atoms with Gasteiger partial charge in [0.15, 0.2) is 0 Å². The zero-order valence-corrected chi connectivity index (χ0v) is 27.4. The molecule has 1 aromatic carbocycles. The Morgan fingerprint density at radius 1 is 0.933 bits per heavy atom. The largest absolute Gasteiger partial charge is 0.465 e. The average Bonchev–Trinajstić information content (AvgIpc) is 2.98. The first-order valence-electron chi connectivity index (χ1n) is 15.5. The molecule has 0 unspecified atom stereocenters. The number of rotatable bonds is 12. The Hall–Kier alpha value is -3.99. The average molecular weight is 627 g/mol. The molecule has 1 aromatic heterocycles. The smallest absolute Gasteiger partial charge is 0.416 e. The van der Waals surface area contributed by atoms with Gasteiger partial charge in [-0.05, 0) is 84.4 Å². The van der Waals surface area contributed by atoms with Crippen molar-refractivity contribution in [2.24, 2.45) is 5.41 Å². The zero-order chi connectivity index (χ0) is 33.2. The number of carbonyl (C=O) groups excluding carboxylic acids is 4. The second-order valence-corrected chi connectivity index (χ2v) is 12.0. The molecule has 1 aliphatic rings. The Balaban J connectivity index is 1.87. The lowest BCUT2D eigenvalue weighted by molar-refractivity contribution is -0.187. The van der Waals surface area contributed by atoms with E-state index < -0.39 is 41.1 Å². The molecule has 2 heterocycles. The highest BCUT2D eigenvalue weighted by molar-refractivity contribution is 6.18. The van der Waals surface area contributed by atoms with E-state index in [1.807, 2.05) is 58.0 Å². The predicted octanol–water partition coefficient (Wildman–Crippen LogP) is 5.66. The van der Waals surface area contributed by atoms with Crippen molar-refractivity contribution in [3.63, 3.8) is 0 Å². The highest BCUT2D eigenvalue weighted by atomic mass is 16.6. The maximum absolute atomic E-state index is 13.2. The lowest BCUT2D eigenvalue weighted by Gasteiger charge is -2.35. The topological polar surface area (TPSA) is 131 Å².